The summed E-state index contributed by atoms with van der Waals surface area (Å²) in [4.78, 5) is 19.2. The quantitative estimate of drug-likeness (QED) is 0.690. The van der Waals surface area contributed by atoms with Gasteiger partial charge in [0.2, 0.25) is 0 Å². The molecule has 1 aliphatic heterocycles. The number of rotatable bonds is 6. The van der Waals surface area contributed by atoms with Crippen molar-refractivity contribution in [1.29, 1.82) is 0 Å². The van der Waals surface area contributed by atoms with Crippen molar-refractivity contribution in [2.24, 2.45) is 0 Å². The van der Waals surface area contributed by atoms with E-state index in [2.05, 4.69) is 31.1 Å². The van der Waals surface area contributed by atoms with Gasteiger partial charge < -0.3 is 15.0 Å². The van der Waals surface area contributed by atoms with E-state index in [-0.39, 0.29) is 5.97 Å². The first kappa shape index (κ1) is 19.6. The van der Waals surface area contributed by atoms with Crippen molar-refractivity contribution in [3.05, 3.63) is 22.3 Å². The Hall–Kier alpha value is -1.14. The van der Waals surface area contributed by atoms with Gasteiger partial charge in [-0.15, -0.1) is 0 Å². The van der Waals surface area contributed by atoms with Crippen molar-refractivity contribution in [1.82, 2.24) is 10.3 Å². The average Bonchev–Trinajstić information content (AvgIpc) is 2.67. The topological polar surface area (TPSA) is 54.5 Å². The van der Waals surface area contributed by atoms with E-state index < -0.39 is 0 Å². The van der Waals surface area contributed by atoms with Crippen LogP contribution in [0.3, 0.4) is 0 Å². The lowest BCUT2D eigenvalue weighted by Crippen LogP contribution is -2.47. The summed E-state index contributed by atoms with van der Waals surface area (Å²) in [5, 5.41) is 3.86. The fraction of sp³-hybridized carbons (Fsp3) is 0.700. The number of ether oxygens (including phenoxy) is 1. The van der Waals surface area contributed by atoms with Gasteiger partial charge in [0.05, 0.1) is 6.61 Å². The minimum atomic E-state index is -0.280. The molecule has 5 nitrogen and oxygen atoms in total. The van der Waals surface area contributed by atoms with E-state index in [1.807, 2.05) is 13.0 Å². The van der Waals surface area contributed by atoms with Crippen LogP contribution in [0.5, 0.6) is 0 Å². The van der Waals surface area contributed by atoms with Crippen molar-refractivity contribution in [2.45, 2.75) is 70.4 Å². The Labute approximate surface area is 165 Å². The number of hydrogen-bond donors (Lipinski definition) is 1. The Morgan fingerprint density at radius 3 is 2.62 bits per heavy atom. The minimum Gasteiger partial charge on any atom is -0.462 e. The van der Waals surface area contributed by atoms with Gasteiger partial charge in [-0.05, 0) is 54.1 Å². The normalized spacial score (nSPS) is 19.5. The number of aromatic nitrogens is 1. The van der Waals surface area contributed by atoms with Crippen LogP contribution in [0, 0.1) is 0 Å². The number of pyridine rings is 1. The van der Waals surface area contributed by atoms with Crippen LogP contribution >= 0.6 is 15.9 Å². The van der Waals surface area contributed by atoms with Gasteiger partial charge in [0, 0.05) is 35.8 Å². The Kier molecular flexibility index (Phi) is 7.32. The molecule has 0 unspecified atom stereocenters. The Bertz CT molecular complexity index is 597. The molecule has 1 aromatic rings. The number of nitrogens with zero attached hydrogens (tertiary/aromatic N) is 2. The summed E-state index contributed by atoms with van der Waals surface area (Å²) in [5.41, 5.74) is 0.562. The molecule has 1 aromatic heterocycles. The highest BCUT2D eigenvalue weighted by molar-refractivity contribution is 9.10. The number of nitrogens with one attached hydrogen (secondary N) is 1. The standard InChI is InChI=1S/C20H30BrN3O2/c1-2-12-26-20(25)18-13-15(21)14-22-19(18)24-10-8-17(9-11-24)23-16-6-4-3-5-7-16/h13-14,16-17,23H,2-12H2,1H3. The maximum atomic E-state index is 12.4. The Morgan fingerprint density at radius 1 is 1.23 bits per heavy atom. The summed E-state index contributed by atoms with van der Waals surface area (Å²) in [7, 11) is 0. The van der Waals surface area contributed by atoms with Crippen molar-refractivity contribution in [3.63, 3.8) is 0 Å². The molecule has 1 saturated carbocycles. The molecule has 1 aliphatic carbocycles. The molecule has 0 atom stereocenters. The van der Waals surface area contributed by atoms with E-state index in [4.69, 9.17) is 4.74 Å². The number of piperidine rings is 1. The lowest BCUT2D eigenvalue weighted by atomic mass is 9.93. The van der Waals surface area contributed by atoms with Crippen LogP contribution in [0.4, 0.5) is 5.82 Å². The van der Waals surface area contributed by atoms with Crippen LogP contribution in [0.15, 0.2) is 16.7 Å². The second-order valence-corrected chi connectivity index (χ2v) is 8.34. The molecule has 1 saturated heterocycles. The fourth-order valence-electron chi connectivity index (χ4n) is 3.97. The average molecular weight is 424 g/mol. The molecule has 144 valence electrons. The minimum absolute atomic E-state index is 0.280. The van der Waals surface area contributed by atoms with Crippen molar-refractivity contribution in [2.75, 3.05) is 24.6 Å². The molecule has 2 heterocycles. The van der Waals surface area contributed by atoms with Crippen LogP contribution in [0.2, 0.25) is 0 Å². The highest BCUT2D eigenvalue weighted by Gasteiger charge is 2.26. The molecule has 2 fully saturated rings. The van der Waals surface area contributed by atoms with Crippen LogP contribution in [-0.2, 0) is 4.74 Å². The van der Waals surface area contributed by atoms with E-state index in [9.17, 15) is 4.79 Å². The number of halogens is 1. The largest absolute Gasteiger partial charge is 0.462 e. The first-order chi connectivity index (χ1) is 12.7. The van der Waals surface area contributed by atoms with E-state index >= 15 is 0 Å². The van der Waals surface area contributed by atoms with E-state index in [1.165, 1.54) is 32.1 Å². The van der Waals surface area contributed by atoms with E-state index in [0.29, 0.717) is 24.3 Å². The first-order valence-electron chi connectivity index (χ1n) is 10.0. The van der Waals surface area contributed by atoms with Gasteiger partial charge in [-0.25, -0.2) is 9.78 Å². The van der Waals surface area contributed by atoms with Gasteiger partial charge in [0.1, 0.15) is 11.4 Å². The highest BCUT2D eigenvalue weighted by Crippen LogP contribution is 2.26. The fourth-order valence-corrected chi connectivity index (χ4v) is 4.30. The molecule has 3 rings (SSSR count). The van der Waals surface area contributed by atoms with E-state index in [0.717, 1.165) is 42.6 Å². The van der Waals surface area contributed by atoms with Gasteiger partial charge in [-0.1, -0.05) is 26.2 Å². The molecular formula is C20H30BrN3O2. The molecular weight excluding hydrogens is 394 g/mol. The van der Waals surface area contributed by atoms with Crippen LogP contribution < -0.4 is 10.2 Å². The maximum Gasteiger partial charge on any atom is 0.341 e. The molecule has 0 amide bonds. The molecule has 0 radical (unpaired) electrons. The van der Waals surface area contributed by atoms with Crippen LogP contribution in [0.1, 0.15) is 68.6 Å². The summed E-state index contributed by atoms with van der Waals surface area (Å²) in [6.07, 6.45) is 11.5. The van der Waals surface area contributed by atoms with Gasteiger partial charge in [0.15, 0.2) is 0 Å². The predicted molar refractivity (Wildman–Crippen MR) is 108 cm³/mol. The lowest BCUT2D eigenvalue weighted by Gasteiger charge is -2.36. The number of esters is 1. The Morgan fingerprint density at radius 2 is 1.92 bits per heavy atom. The molecule has 0 spiro atoms. The van der Waals surface area contributed by atoms with Crippen molar-refractivity contribution >= 4 is 27.7 Å². The predicted octanol–water partition coefficient (Wildman–Crippen LogP) is 4.30. The SMILES string of the molecule is CCCOC(=O)c1cc(Br)cnc1N1CCC(NC2CCCCC2)CC1. The summed E-state index contributed by atoms with van der Waals surface area (Å²) in [6.45, 7) is 4.29. The summed E-state index contributed by atoms with van der Waals surface area (Å²) >= 11 is 3.42. The molecule has 0 aromatic carbocycles. The zero-order valence-electron chi connectivity index (χ0n) is 15.7. The molecule has 6 heteroatoms. The Balaban J connectivity index is 1.60. The van der Waals surface area contributed by atoms with E-state index in [1.54, 1.807) is 6.20 Å². The molecule has 0 bridgehead atoms. The number of carbonyl (C=O) groups is 1. The highest BCUT2D eigenvalue weighted by atomic mass is 79.9. The van der Waals surface area contributed by atoms with Crippen LogP contribution in [-0.4, -0.2) is 42.7 Å². The molecule has 1 N–H and O–H groups in total. The summed E-state index contributed by atoms with van der Waals surface area (Å²) in [6, 6.07) is 3.11. The third-order valence-corrected chi connectivity index (χ3v) is 5.80. The zero-order chi connectivity index (χ0) is 18.4. The third kappa shape index (κ3) is 5.19. The summed E-state index contributed by atoms with van der Waals surface area (Å²) < 4.78 is 6.15. The van der Waals surface area contributed by atoms with Gasteiger partial charge in [-0.2, -0.15) is 0 Å². The second-order valence-electron chi connectivity index (χ2n) is 7.42. The third-order valence-electron chi connectivity index (χ3n) is 5.36. The van der Waals surface area contributed by atoms with Crippen molar-refractivity contribution < 1.29 is 9.53 Å². The maximum absolute atomic E-state index is 12.4. The zero-order valence-corrected chi connectivity index (χ0v) is 17.3. The van der Waals surface area contributed by atoms with Gasteiger partial charge in [-0.3, -0.25) is 0 Å². The number of carbonyl (C=O) groups excluding carboxylic acids is 1. The van der Waals surface area contributed by atoms with Crippen LogP contribution in [0.25, 0.3) is 0 Å². The van der Waals surface area contributed by atoms with Gasteiger partial charge in [0.25, 0.3) is 0 Å². The summed E-state index contributed by atoms with van der Waals surface area (Å²) in [5.74, 6) is 0.475. The second kappa shape index (κ2) is 9.70. The number of anilines is 1. The van der Waals surface area contributed by atoms with Crippen molar-refractivity contribution in [3.8, 4) is 0 Å². The number of hydrogen-bond acceptors (Lipinski definition) is 5. The molecule has 26 heavy (non-hydrogen) atoms. The molecule has 2 aliphatic rings. The monoisotopic (exact) mass is 423 g/mol. The smallest absolute Gasteiger partial charge is 0.341 e. The first-order valence-corrected chi connectivity index (χ1v) is 10.8. The lowest BCUT2D eigenvalue weighted by molar-refractivity contribution is 0.0505. The van der Waals surface area contributed by atoms with Gasteiger partial charge >= 0.3 is 5.97 Å².